The van der Waals surface area contributed by atoms with Gasteiger partial charge in [-0.3, -0.25) is 0 Å². The van der Waals surface area contributed by atoms with Gasteiger partial charge in [0.15, 0.2) is 0 Å². The topological polar surface area (TPSA) is 64.9 Å². The second-order valence-electron chi connectivity index (χ2n) is 4.26. The van der Waals surface area contributed by atoms with Gasteiger partial charge in [-0.25, -0.2) is 0 Å². The number of hydrogen-bond acceptors (Lipinski definition) is 4. The van der Waals surface area contributed by atoms with E-state index in [-0.39, 0.29) is 17.9 Å². The first kappa shape index (κ1) is 14.0. The summed E-state index contributed by atoms with van der Waals surface area (Å²) >= 11 is 0. The van der Waals surface area contributed by atoms with Crippen LogP contribution in [0.5, 0.6) is 0 Å². The lowest BCUT2D eigenvalue weighted by molar-refractivity contribution is -0.146. The summed E-state index contributed by atoms with van der Waals surface area (Å²) in [5.41, 5.74) is 5.58. The van der Waals surface area contributed by atoms with E-state index in [1.807, 2.05) is 6.92 Å². The lowest BCUT2D eigenvalue weighted by Gasteiger charge is -2.07. The van der Waals surface area contributed by atoms with Gasteiger partial charge in [-0.15, -0.1) is 0 Å². The minimum absolute atomic E-state index is 0.0296. The van der Waals surface area contributed by atoms with Crippen LogP contribution in [0.15, 0.2) is 4.52 Å². The van der Waals surface area contributed by atoms with Gasteiger partial charge in [0.2, 0.25) is 5.89 Å². The Hall–Kier alpha value is -1.11. The van der Waals surface area contributed by atoms with E-state index in [4.69, 9.17) is 5.73 Å². The van der Waals surface area contributed by atoms with Crippen LogP contribution in [0.1, 0.15) is 50.7 Å². The van der Waals surface area contributed by atoms with Crippen LogP contribution >= 0.6 is 0 Å². The summed E-state index contributed by atoms with van der Waals surface area (Å²) in [6.07, 6.45) is -2.22. The first-order valence-corrected chi connectivity index (χ1v) is 5.47. The van der Waals surface area contributed by atoms with Crippen molar-refractivity contribution in [1.29, 1.82) is 0 Å². The smallest absolute Gasteiger partial charge is 0.339 e. The Bertz CT molecular complexity index is 349. The normalized spacial score (nSPS) is 15.9. The Kier molecular flexibility index (Phi) is 4.50. The third-order valence-corrected chi connectivity index (χ3v) is 2.41. The van der Waals surface area contributed by atoms with Crippen molar-refractivity contribution in [3.8, 4) is 0 Å². The highest BCUT2D eigenvalue weighted by Gasteiger charge is 2.37. The highest BCUT2D eigenvalue weighted by molar-refractivity contribution is 4.95. The van der Waals surface area contributed by atoms with Gasteiger partial charge in [0.25, 0.3) is 5.82 Å². The second kappa shape index (κ2) is 5.48. The Labute approximate surface area is 97.4 Å². The predicted molar refractivity (Wildman–Crippen MR) is 55.2 cm³/mol. The van der Waals surface area contributed by atoms with Gasteiger partial charge >= 0.3 is 6.18 Å². The second-order valence-corrected chi connectivity index (χ2v) is 4.26. The molecule has 0 aliphatic carbocycles. The molecule has 4 nitrogen and oxygen atoms in total. The average Bonchev–Trinajstić information content (AvgIpc) is 2.64. The Morgan fingerprint density at radius 1 is 1.29 bits per heavy atom. The number of rotatable bonds is 5. The van der Waals surface area contributed by atoms with Crippen molar-refractivity contribution in [3.63, 3.8) is 0 Å². The zero-order valence-electron chi connectivity index (χ0n) is 9.79. The highest BCUT2D eigenvalue weighted by atomic mass is 19.4. The van der Waals surface area contributed by atoms with Crippen LogP contribution in [0, 0.1) is 0 Å². The Morgan fingerprint density at radius 2 is 1.94 bits per heavy atom. The van der Waals surface area contributed by atoms with E-state index < -0.39 is 12.0 Å². The molecule has 0 spiro atoms. The van der Waals surface area contributed by atoms with E-state index in [2.05, 4.69) is 14.7 Å². The molecule has 7 heteroatoms. The molecule has 0 aromatic carbocycles. The van der Waals surface area contributed by atoms with Crippen LogP contribution in [0.2, 0.25) is 0 Å². The lowest BCUT2D eigenvalue weighted by Crippen LogP contribution is -2.14. The van der Waals surface area contributed by atoms with Crippen molar-refractivity contribution < 1.29 is 17.7 Å². The molecule has 98 valence electrons. The molecule has 0 bridgehead atoms. The van der Waals surface area contributed by atoms with Crippen LogP contribution < -0.4 is 5.73 Å². The zero-order chi connectivity index (χ0) is 13.1. The molecule has 0 fully saturated rings. The zero-order valence-corrected chi connectivity index (χ0v) is 9.79. The molecular formula is C10H16F3N3O. The molecule has 17 heavy (non-hydrogen) atoms. The van der Waals surface area contributed by atoms with Gasteiger partial charge < -0.3 is 10.3 Å². The van der Waals surface area contributed by atoms with Crippen molar-refractivity contribution in [2.24, 2.45) is 5.73 Å². The third kappa shape index (κ3) is 4.33. The molecule has 0 aliphatic heterocycles. The molecule has 2 N–H and O–H groups in total. The quantitative estimate of drug-likeness (QED) is 0.873. The number of aromatic nitrogens is 2. The van der Waals surface area contributed by atoms with Gasteiger partial charge in [-0.1, -0.05) is 18.5 Å². The number of nitrogens with two attached hydrogens (primary N) is 1. The molecule has 1 heterocycles. The van der Waals surface area contributed by atoms with Crippen LogP contribution in [-0.2, 0) is 6.18 Å². The average molecular weight is 251 g/mol. The summed E-state index contributed by atoms with van der Waals surface area (Å²) in [7, 11) is 0. The molecule has 0 amide bonds. The highest BCUT2D eigenvalue weighted by Crippen LogP contribution is 2.28. The van der Waals surface area contributed by atoms with Crippen LogP contribution in [-0.4, -0.2) is 16.2 Å². The van der Waals surface area contributed by atoms with Crippen molar-refractivity contribution in [3.05, 3.63) is 11.7 Å². The molecule has 0 aliphatic rings. The van der Waals surface area contributed by atoms with Crippen molar-refractivity contribution >= 4 is 0 Å². The molecule has 1 aromatic heterocycles. The fourth-order valence-corrected chi connectivity index (χ4v) is 1.42. The minimum atomic E-state index is -4.55. The minimum Gasteiger partial charge on any atom is -0.339 e. The van der Waals surface area contributed by atoms with Crippen LogP contribution in [0.3, 0.4) is 0 Å². The number of hydrogen-bond donors (Lipinski definition) is 1. The summed E-state index contributed by atoms with van der Waals surface area (Å²) in [6, 6.07) is 0.0932. The molecular weight excluding hydrogens is 235 g/mol. The largest absolute Gasteiger partial charge is 0.455 e. The van der Waals surface area contributed by atoms with Gasteiger partial charge in [-0.2, -0.15) is 18.2 Å². The number of alkyl halides is 3. The van der Waals surface area contributed by atoms with E-state index in [0.29, 0.717) is 6.42 Å². The van der Waals surface area contributed by atoms with Crippen LogP contribution in [0.25, 0.3) is 0 Å². The van der Waals surface area contributed by atoms with Gasteiger partial charge in [0.05, 0.1) is 0 Å². The molecule has 0 saturated carbocycles. The molecule has 2 unspecified atom stereocenters. The predicted octanol–water partition coefficient (Wildman–Crippen LogP) is 2.71. The first-order chi connectivity index (χ1) is 7.80. The van der Waals surface area contributed by atoms with E-state index in [1.54, 1.807) is 6.92 Å². The van der Waals surface area contributed by atoms with Gasteiger partial charge in [-0.05, 0) is 19.8 Å². The maximum absolute atomic E-state index is 12.2. The van der Waals surface area contributed by atoms with E-state index in [0.717, 1.165) is 12.8 Å². The number of nitrogens with zero attached hydrogens (tertiary/aromatic N) is 2. The fourth-order valence-electron chi connectivity index (χ4n) is 1.42. The maximum Gasteiger partial charge on any atom is 0.455 e. The first-order valence-electron chi connectivity index (χ1n) is 5.47. The van der Waals surface area contributed by atoms with Gasteiger partial charge in [0.1, 0.15) is 0 Å². The molecule has 1 rings (SSSR count). The summed E-state index contributed by atoms with van der Waals surface area (Å²) in [5.74, 6) is -1.37. The van der Waals surface area contributed by atoms with E-state index >= 15 is 0 Å². The molecule has 2 atom stereocenters. The molecule has 1 aromatic rings. The van der Waals surface area contributed by atoms with Crippen molar-refractivity contribution in [2.45, 2.75) is 51.2 Å². The Morgan fingerprint density at radius 3 is 2.41 bits per heavy atom. The van der Waals surface area contributed by atoms with Crippen molar-refractivity contribution in [2.75, 3.05) is 0 Å². The summed E-state index contributed by atoms with van der Waals surface area (Å²) in [6.45, 7) is 3.65. The van der Waals surface area contributed by atoms with E-state index in [1.165, 1.54) is 0 Å². The molecule has 0 saturated heterocycles. The van der Waals surface area contributed by atoms with Gasteiger partial charge in [0, 0.05) is 12.0 Å². The fraction of sp³-hybridized carbons (Fsp3) is 0.800. The number of halogens is 3. The van der Waals surface area contributed by atoms with Crippen LogP contribution in [0.4, 0.5) is 13.2 Å². The third-order valence-electron chi connectivity index (χ3n) is 2.41. The lowest BCUT2D eigenvalue weighted by atomic mass is 10.0. The van der Waals surface area contributed by atoms with Crippen molar-refractivity contribution in [1.82, 2.24) is 10.1 Å². The Balaban J connectivity index is 2.52. The maximum atomic E-state index is 12.2. The standard InChI is InChI=1S/C10H16F3N3O/c1-6(4-3-5-7(2)14)8-15-9(16-17-8)10(11,12)13/h6-7H,3-5,14H2,1-2H3. The summed E-state index contributed by atoms with van der Waals surface area (Å²) in [4.78, 5) is 3.35. The molecule has 0 radical (unpaired) electrons. The summed E-state index contributed by atoms with van der Waals surface area (Å²) in [5, 5.41) is 2.92. The SMILES string of the molecule is CC(N)CCCC(C)c1nc(C(F)(F)F)no1. The monoisotopic (exact) mass is 251 g/mol. The summed E-state index contributed by atoms with van der Waals surface area (Å²) < 4.78 is 41.3. The van der Waals surface area contributed by atoms with E-state index in [9.17, 15) is 13.2 Å².